The summed E-state index contributed by atoms with van der Waals surface area (Å²) in [6, 6.07) is 28.9. The molecule has 0 amide bonds. The Bertz CT molecular complexity index is 2150. The van der Waals surface area contributed by atoms with E-state index in [1.165, 1.54) is 25.7 Å². The minimum absolute atomic E-state index is 0.0616. The van der Waals surface area contributed by atoms with Crippen LogP contribution in [0.4, 0.5) is 11.4 Å². The molecule has 0 bridgehead atoms. The third kappa shape index (κ3) is 33.5. The van der Waals surface area contributed by atoms with Crippen LogP contribution in [-0.4, -0.2) is 63.1 Å². The molecule has 4 aromatic rings. The SMILES string of the molecule is N=C(N)c1ccc(OCCCCCCN)cc1.[C-]#[N+]c1ccc(OCCCCCCBr)cc1.[C-]#[N+]c1ccc(OCCCCCCN=[N+]=[N-])cc1.[N-]=[N+]=NCCCCCCOc1ccc(C(=N)N)cc1. The molecule has 0 unspecified atom stereocenters. The summed E-state index contributed by atoms with van der Waals surface area (Å²) >= 11 is 3.41. The van der Waals surface area contributed by atoms with Gasteiger partial charge in [0.25, 0.3) is 0 Å². The predicted molar refractivity (Wildman–Crippen MR) is 287 cm³/mol. The standard InChI is InChI=1S/C13H16BrNO.C13H19N5O.C13H16N4O.C13H21N3O/c1-15-12-6-8-13(9-7-12)16-11-5-3-2-4-10-14;14-13(15)11-5-7-12(8-6-11)19-10-4-2-1-3-9-17-18-16;1-15-12-6-8-13(9-7-12)18-11-5-3-2-4-10-16-17-14;14-9-3-1-2-4-10-17-12-7-5-11(6-8-12)13(15)16/h6-9H,2-5,10-11H2;5-8H,1-4,9-10H2,(H3,14,15);6-9H,2-5,10-11H2;5-8H,1-4,9-10,14H2,(H3,15,16). The minimum Gasteiger partial charge on any atom is -0.494 e. The molecule has 0 fully saturated rings. The number of nitrogens with one attached hydrogen (secondary N) is 2. The summed E-state index contributed by atoms with van der Waals surface area (Å²) in [7, 11) is 0. The van der Waals surface area contributed by atoms with Crippen molar-refractivity contribution in [3.8, 4) is 23.0 Å². The Kier molecular flexibility index (Phi) is 37.8. The first-order valence-electron chi connectivity index (χ1n) is 23.8. The Morgan fingerprint density at radius 3 is 1.01 bits per heavy atom. The molecule has 0 aliphatic heterocycles. The smallest absolute Gasteiger partial charge is 0.187 e. The van der Waals surface area contributed by atoms with Crippen molar-refractivity contribution in [3.63, 3.8) is 0 Å². The highest BCUT2D eigenvalue weighted by molar-refractivity contribution is 9.09. The molecule has 0 aromatic heterocycles. The number of rotatable bonds is 32. The number of hydrogen-bond donors (Lipinski definition) is 5. The number of amidine groups is 2. The molecule has 4 aromatic carbocycles. The normalized spacial score (nSPS) is 9.71. The molecular formula is C52H72BrN13O4. The van der Waals surface area contributed by atoms with Gasteiger partial charge in [0.15, 0.2) is 11.4 Å². The van der Waals surface area contributed by atoms with Gasteiger partial charge in [0.2, 0.25) is 0 Å². The van der Waals surface area contributed by atoms with Gasteiger partial charge in [-0.15, -0.1) is 0 Å². The lowest BCUT2D eigenvalue weighted by molar-refractivity contribution is 0.304. The van der Waals surface area contributed by atoms with E-state index in [4.69, 9.17) is 71.2 Å². The molecule has 0 spiro atoms. The minimum atomic E-state index is 0.0616. The number of nitrogens with two attached hydrogens (primary N) is 3. The molecule has 0 atom stereocenters. The number of ether oxygens (including phenoxy) is 4. The molecular weight excluding hydrogens is 951 g/mol. The van der Waals surface area contributed by atoms with E-state index in [1.54, 1.807) is 48.5 Å². The summed E-state index contributed by atoms with van der Waals surface area (Å²) in [5.41, 5.74) is 35.0. The van der Waals surface area contributed by atoms with Crippen molar-refractivity contribution in [2.75, 3.05) is 51.4 Å². The largest absolute Gasteiger partial charge is 0.494 e. The summed E-state index contributed by atoms with van der Waals surface area (Å²) < 4.78 is 22.3. The van der Waals surface area contributed by atoms with Gasteiger partial charge in [-0.1, -0.05) is 102 Å². The number of hydrogen-bond acceptors (Lipinski definition) is 9. The van der Waals surface area contributed by atoms with Crippen LogP contribution >= 0.6 is 15.9 Å². The van der Waals surface area contributed by atoms with Crippen LogP contribution in [0.2, 0.25) is 0 Å². The fraction of sp³-hybridized carbons (Fsp3) is 0.462. The van der Waals surface area contributed by atoms with Crippen molar-refractivity contribution in [2.24, 2.45) is 27.4 Å². The molecule has 0 heterocycles. The molecule has 0 radical (unpaired) electrons. The van der Waals surface area contributed by atoms with Gasteiger partial charge in [0.05, 0.1) is 39.6 Å². The number of nitrogen functional groups attached to an aromatic ring is 2. The van der Waals surface area contributed by atoms with E-state index in [-0.39, 0.29) is 11.7 Å². The molecule has 0 aliphatic carbocycles. The highest BCUT2D eigenvalue weighted by Gasteiger charge is 2.01. The fourth-order valence-corrected chi connectivity index (χ4v) is 6.37. The van der Waals surface area contributed by atoms with Gasteiger partial charge in [0.1, 0.15) is 34.7 Å². The van der Waals surface area contributed by atoms with E-state index in [9.17, 15) is 0 Å². The van der Waals surface area contributed by atoms with E-state index >= 15 is 0 Å². The molecule has 70 heavy (non-hydrogen) atoms. The van der Waals surface area contributed by atoms with Gasteiger partial charge >= 0.3 is 0 Å². The van der Waals surface area contributed by atoms with Crippen LogP contribution < -0.4 is 36.1 Å². The Hall–Kier alpha value is -6.94. The maximum Gasteiger partial charge on any atom is 0.187 e. The average molecular weight is 1020 g/mol. The van der Waals surface area contributed by atoms with Crippen molar-refractivity contribution in [3.05, 3.63) is 152 Å². The second-order valence-electron chi connectivity index (χ2n) is 15.5. The van der Waals surface area contributed by atoms with Gasteiger partial charge in [0, 0.05) is 39.4 Å². The van der Waals surface area contributed by atoms with Crippen molar-refractivity contribution >= 4 is 39.0 Å². The van der Waals surface area contributed by atoms with E-state index < -0.39 is 0 Å². The van der Waals surface area contributed by atoms with Gasteiger partial charge in [-0.3, -0.25) is 10.8 Å². The van der Waals surface area contributed by atoms with E-state index in [0.29, 0.717) is 43.2 Å². The highest BCUT2D eigenvalue weighted by atomic mass is 79.9. The van der Waals surface area contributed by atoms with Gasteiger partial charge < -0.3 is 36.1 Å². The third-order valence-electron chi connectivity index (χ3n) is 9.90. The van der Waals surface area contributed by atoms with Crippen molar-refractivity contribution in [1.82, 2.24) is 0 Å². The molecule has 0 saturated heterocycles. The maximum atomic E-state index is 8.10. The van der Waals surface area contributed by atoms with Crippen LogP contribution in [0, 0.1) is 24.0 Å². The fourth-order valence-electron chi connectivity index (χ4n) is 5.97. The summed E-state index contributed by atoms with van der Waals surface area (Å²) in [6.07, 6.45) is 17.3. The molecule has 17 nitrogen and oxygen atoms in total. The van der Waals surface area contributed by atoms with Crippen molar-refractivity contribution < 1.29 is 18.9 Å². The zero-order valence-electron chi connectivity index (χ0n) is 40.5. The maximum absolute atomic E-state index is 8.10. The second-order valence-corrected chi connectivity index (χ2v) is 16.3. The zero-order chi connectivity index (χ0) is 51.1. The number of alkyl halides is 1. The molecule has 4 rings (SSSR count). The Morgan fingerprint density at radius 2 is 0.743 bits per heavy atom. The van der Waals surface area contributed by atoms with Gasteiger partial charge in [-0.05, 0) is 142 Å². The van der Waals surface area contributed by atoms with Crippen molar-refractivity contribution in [2.45, 2.75) is 103 Å². The van der Waals surface area contributed by atoms with Crippen LogP contribution in [-0.2, 0) is 0 Å². The zero-order valence-corrected chi connectivity index (χ0v) is 42.1. The Labute approximate surface area is 423 Å². The lowest BCUT2D eigenvalue weighted by atomic mass is 10.2. The predicted octanol–water partition coefficient (Wildman–Crippen LogP) is 14.1. The first kappa shape index (κ1) is 61.1. The van der Waals surface area contributed by atoms with Crippen LogP contribution in [0.15, 0.2) is 107 Å². The molecule has 0 saturated carbocycles. The number of halogens is 1. The van der Waals surface area contributed by atoms with Crippen LogP contribution in [0.5, 0.6) is 23.0 Å². The van der Waals surface area contributed by atoms with Gasteiger partial charge in [-0.25, -0.2) is 9.69 Å². The Balaban J connectivity index is 0.000000468. The first-order chi connectivity index (χ1) is 34.2. The van der Waals surface area contributed by atoms with E-state index in [1.807, 2.05) is 48.5 Å². The monoisotopic (exact) mass is 1020 g/mol. The van der Waals surface area contributed by atoms with Crippen molar-refractivity contribution in [1.29, 1.82) is 10.8 Å². The van der Waals surface area contributed by atoms with E-state index in [0.717, 1.165) is 131 Å². The first-order valence-corrected chi connectivity index (χ1v) is 25.0. The lowest BCUT2D eigenvalue weighted by Crippen LogP contribution is -2.10. The van der Waals surface area contributed by atoms with Crippen LogP contribution in [0.1, 0.15) is 114 Å². The summed E-state index contributed by atoms with van der Waals surface area (Å²) in [5.74, 6) is 3.42. The molecule has 18 heteroatoms. The number of unbranched alkanes of at least 4 members (excludes halogenated alkanes) is 12. The van der Waals surface area contributed by atoms with E-state index in [2.05, 4.69) is 45.7 Å². The molecule has 376 valence electrons. The lowest BCUT2D eigenvalue weighted by Gasteiger charge is -2.06. The number of azide groups is 2. The summed E-state index contributed by atoms with van der Waals surface area (Å²) in [6.45, 7) is 18.4. The van der Waals surface area contributed by atoms with Crippen LogP contribution in [0.3, 0.4) is 0 Å². The highest BCUT2D eigenvalue weighted by Crippen LogP contribution is 2.20. The quantitative estimate of drug-likeness (QED) is 0.00461. The third-order valence-corrected chi connectivity index (χ3v) is 10.5. The van der Waals surface area contributed by atoms with Gasteiger partial charge in [-0.2, -0.15) is 0 Å². The Morgan fingerprint density at radius 1 is 0.457 bits per heavy atom. The topological polar surface area (TPSA) is 269 Å². The summed E-state index contributed by atoms with van der Waals surface area (Å²) in [5, 5.41) is 22.6. The number of benzene rings is 4. The average Bonchev–Trinajstić information content (AvgIpc) is 3.39. The number of nitrogens with zero attached hydrogens (tertiary/aromatic N) is 8. The molecule has 0 aliphatic rings. The second kappa shape index (κ2) is 43.3. The molecule has 8 N–H and O–H groups in total. The summed E-state index contributed by atoms with van der Waals surface area (Å²) in [4.78, 5) is 12.1. The van der Waals surface area contributed by atoms with Crippen LogP contribution in [0.25, 0.3) is 30.6 Å².